The second kappa shape index (κ2) is 8.03. The minimum absolute atomic E-state index is 0.0616. The van der Waals surface area contributed by atoms with Gasteiger partial charge in [0.25, 0.3) is 0 Å². The topological polar surface area (TPSA) is 78.9 Å². The van der Waals surface area contributed by atoms with E-state index < -0.39 is 0 Å². The minimum atomic E-state index is -0.0936. The summed E-state index contributed by atoms with van der Waals surface area (Å²) in [5.41, 5.74) is 6.70. The molecule has 0 bridgehead atoms. The van der Waals surface area contributed by atoms with E-state index in [1.54, 1.807) is 18.2 Å². The lowest BCUT2D eigenvalue weighted by atomic mass is 10.0. The van der Waals surface area contributed by atoms with E-state index in [2.05, 4.69) is 27.3 Å². The molecule has 0 spiro atoms. The maximum absolute atomic E-state index is 12.1. The number of nitrogens with one attached hydrogen (secondary N) is 1. The molecule has 0 fully saturated rings. The van der Waals surface area contributed by atoms with Gasteiger partial charge in [0, 0.05) is 16.4 Å². The van der Waals surface area contributed by atoms with Crippen LogP contribution in [0.25, 0.3) is 0 Å². The van der Waals surface area contributed by atoms with Crippen molar-refractivity contribution < 1.29 is 4.79 Å². The molecule has 0 saturated heterocycles. The first-order valence-electron chi connectivity index (χ1n) is 6.70. The number of hydrogen-bond acceptors (Lipinski definition) is 3. The van der Waals surface area contributed by atoms with Crippen molar-refractivity contribution in [1.82, 2.24) is 0 Å². The van der Waals surface area contributed by atoms with Gasteiger partial charge in [0.05, 0.1) is 11.3 Å². The molecule has 1 amide bonds. The maximum atomic E-state index is 12.1. The fraction of sp³-hybridized carbons (Fsp3) is 0.467. The molecule has 0 saturated carbocycles. The zero-order chi connectivity index (χ0) is 15.1. The summed E-state index contributed by atoms with van der Waals surface area (Å²) < 4.78 is 0.817. The lowest BCUT2D eigenvalue weighted by molar-refractivity contribution is -0.119. The minimum Gasteiger partial charge on any atom is -0.328 e. The highest BCUT2D eigenvalue weighted by Crippen LogP contribution is 2.21. The van der Waals surface area contributed by atoms with Crippen LogP contribution in [-0.4, -0.2) is 11.9 Å². The third-order valence-corrected chi connectivity index (χ3v) is 3.60. The van der Waals surface area contributed by atoms with Crippen LogP contribution in [-0.2, 0) is 4.79 Å². The zero-order valence-corrected chi connectivity index (χ0v) is 13.4. The van der Waals surface area contributed by atoms with Crippen molar-refractivity contribution in [2.75, 3.05) is 5.32 Å². The Kier molecular flexibility index (Phi) is 6.69. The molecule has 108 valence electrons. The molecule has 5 heteroatoms. The van der Waals surface area contributed by atoms with E-state index in [0.717, 1.165) is 23.7 Å². The Bertz CT molecular complexity index is 508. The second-order valence-corrected chi connectivity index (χ2v) is 6.02. The van der Waals surface area contributed by atoms with Crippen LogP contribution in [0.4, 0.5) is 5.69 Å². The molecular weight excluding hydrogens is 318 g/mol. The smallest absolute Gasteiger partial charge is 0.227 e. The van der Waals surface area contributed by atoms with E-state index in [4.69, 9.17) is 11.0 Å². The summed E-state index contributed by atoms with van der Waals surface area (Å²) in [5.74, 6) is -0.155. The first kappa shape index (κ1) is 16.7. The predicted octanol–water partition coefficient (Wildman–Crippen LogP) is 3.41. The molecule has 0 aliphatic carbocycles. The molecule has 1 aromatic rings. The zero-order valence-electron chi connectivity index (χ0n) is 11.8. The number of anilines is 1. The summed E-state index contributed by atoms with van der Waals surface area (Å²) in [6, 6.07) is 7.47. The van der Waals surface area contributed by atoms with Gasteiger partial charge >= 0.3 is 0 Å². The van der Waals surface area contributed by atoms with Crippen LogP contribution >= 0.6 is 15.9 Å². The Hall–Kier alpha value is -1.38. The molecule has 0 aliphatic rings. The molecule has 20 heavy (non-hydrogen) atoms. The van der Waals surface area contributed by atoms with E-state index in [1.807, 2.05) is 13.8 Å². The van der Waals surface area contributed by atoms with E-state index in [-0.39, 0.29) is 17.9 Å². The molecule has 0 aliphatic heterocycles. The number of nitriles is 1. The van der Waals surface area contributed by atoms with Crippen molar-refractivity contribution in [3.63, 3.8) is 0 Å². The summed E-state index contributed by atoms with van der Waals surface area (Å²) >= 11 is 3.30. The molecule has 2 atom stereocenters. The van der Waals surface area contributed by atoms with Crippen molar-refractivity contribution in [2.24, 2.45) is 11.7 Å². The molecule has 4 nitrogen and oxygen atoms in total. The van der Waals surface area contributed by atoms with E-state index >= 15 is 0 Å². The average Bonchev–Trinajstić information content (AvgIpc) is 2.40. The van der Waals surface area contributed by atoms with Crippen LogP contribution in [0.3, 0.4) is 0 Å². The van der Waals surface area contributed by atoms with Gasteiger partial charge in [-0.05, 0) is 38.0 Å². The Morgan fingerprint density at radius 2 is 2.15 bits per heavy atom. The average molecular weight is 338 g/mol. The third-order valence-electron chi connectivity index (χ3n) is 3.10. The van der Waals surface area contributed by atoms with Crippen molar-refractivity contribution in [2.45, 2.75) is 39.2 Å². The Morgan fingerprint density at radius 1 is 1.45 bits per heavy atom. The largest absolute Gasteiger partial charge is 0.328 e. The van der Waals surface area contributed by atoms with Gasteiger partial charge in [-0.25, -0.2) is 0 Å². The summed E-state index contributed by atoms with van der Waals surface area (Å²) in [6.07, 6.45) is 2.64. The van der Waals surface area contributed by atoms with Crippen LogP contribution in [0, 0.1) is 17.2 Å². The fourth-order valence-corrected chi connectivity index (χ4v) is 2.21. The molecule has 1 aromatic carbocycles. The van der Waals surface area contributed by atoms with Gasteiger partial charge in [-0.2, -0.15) is 5.26 Å². The molecule has 1 rings (SSSR count). The number of carbonyl (C=O) groups is 1. The van der Waals surface area contributed by atoms with Gasteiger partial charge < -0.3 is 11.1 Å². The van der Waals surface area contributed by atoms with Crippen LogP contribution in [0.1, 0.15) is 38.7 Å². The van der Waals surface area contributed by atoms with Gasteiger partial charge in [0.15, 0.2) is 0 Å². The Labute approximate surface area is 128 Å². The number of amides is 1. The van der Waals surface area contributed by atoms with Gasteiger partial charge in [0.2, 0.25) is 5.91 Å². The van der Waals surface area contributed by atoms with Crippen LogP contribution in [0.2, 0.25) is 0 Å². The first-order chi connectivity index (χ1) is 9.43. The van der Waals surface area contributed by atoms with E-state index in [1.165, 1.54) is 0 Å². The number of halogens is 1. The SMILES string of the molecule is CC(N)CCCC(C)C(=O)Nc1ccc(Br)cc1C#N. The van der Waals surface area contributed by atoms with Crippen LogP contribution in [0.15, 0.2) is 22.7 Å². The second-order valence-electron chi connectivity index (χ2n) is 5.10. The predicted molar refractivity (Wildman–Crippen MR) is 84.2 cm³/mol. The highest BCUT2D eigenvalue weighted by Gasteiger charge is 2.14. The number of benzene rings is 1. The molecule has 2 unspecified atom stereocenters. The maximum Gasteiger partial charge on any atom is 0.227 e. The molecule has 0 aromatic heterocycles. The summed E-state index contributed by atoms with van der Waals surface area (Å²) in [4.78, 5) is 12.1. The summed E-state index contributed by atoms with van der Waals surface area (Å²) in [7, 11) is 0. The van der Waals surface area contributed by atoms with Crippen LogP contribution < -0.4 is 11.1 Å². The van der Waals surface area contributed by atoms with Gasteiger partial charge in [0.1, 0.15) is 6.07 Å². The standard InChI is InChI=1S/C15H20BrN3O/c1-10(4-3-5-11(2)18)15(20)19-14-7-6-13(16)8-12(14)9-17/h6-8,10-11H,3-5,18H2,1-2H3,(H,19,20). The summed E-state index contributed by atoms with van der Waals surface area (Å²) in [6.45, 7) is 3.85. The van der Waals surface area contributed by atoms with Crippen molar-refractivity contribution in [3.05, 3.63) is 28.2 Å². The number of hydrogen-bond donors (Lipinski definition) is 2. The molecule has 0 radical (unpaired) electrons. The molecule has 3 N–H and O–H groups in total. The van der Waals surface area contributed by atoms with Crippen molar-refractivity contribution >= 4 is 27.5 Å². The van der Waals surface area contributed by atoms with Gasteiger partial charge in [-0.15, -0.1) is 0 Å². The number of nitrogens with two attached hydrogens (primary N) is 1. The molecular formula is C15H20BrN3O. The van der Waals surface area contributed by atoms with E-state index in [9.17, 15) is 4.79 Å². The van der Waals surface area contributed by atoms with Gasteiger partial charge in [-0.1, -0.05) is 29.3 Å². The van der Waals surface area contributed by atoms with Gasteiger partial charge in [-0.3, -0.25) is 4.79 Å². The lowest BCUT2D eigenvalue weighted by Crippen LogP contribution is -2.22. The number of nitrogens with zero attached hydrogens (tertiary/aromatic N) is 1. The molecule has 0 heterocycles. The van der Waals surface area contributed by atoms with Crippen molar-refractivity contribution in [1.29, 1.82) is 5.26 Å². The Morgan fingerprint density at radius 3 is 2.75 bits per heavy atom. The lowest BCUT2D eigenvalue weighted by Gasteiger charge is -2.13. The summed E-state index contributed by atoms with van der Waals surface area (Å²) in [5, 5.41) is 11.9. The fourth-order valence-electron chi connectivity index (χ4n) is 1.85. The first-order valence-corrected chi connectivity index (χ1v) is 7.49. The number of rotatable bonds is 6. The quantitative estimate of drug-likeness (QED) is 0.834. The normalized spacial score (nSPS) is 13.3. The highest BCUT2D eigenvalue weighted by molar-refractivity contribution is 9.10. The highest BCUT2D eigenvalue weighted by atomic mass is 79.9. The monoisotopic (exact) mass is 337 g/mol. The van der Waals surface area contributed by atoms with E-state index in [0.29, 0.717) is 11.3 Å². The Balaban J connectivity index is 2.60. The van der Waals surface area contributed by atoms with Crippen LogP contribution in [0.5, 0.6) is 0 Å². The third kappa shape index (κ3) is 5.32. The number of carbonyl (C=O) groups excluding carboxylic acids is 1. The van der Waals surface area contributed by atoms with Crippen molar-refractivity contribution in [3.8, 4) is 6.07 Å².